The molecule has 0 fully saturated rings. The van der Waals surface area contributed by atoms with Crippen LogP contribution in [0.15, 0.2) is 81.7 Å². The van der Waals surface area contributed by atoms with E-state index < -0.39 is 12.0 Å². The number of esters is 1. The lowest BCUT2D eigenvalue weighted by atomic mass is 9.95. The Bertz CT molecular complexity index is 2040. The standard InChI is InChI=1S/C33H27N3O7S/c1-4-40-32(38)29-19(2)35-33-36(30(29)21-10-12-25-27(15-21)43-18-42-25)31(37)28(44-33)14-20-9-11-24(26(13-20)39-3)41-17-23-8-6-5-7-22(23)16-34/h5-15,30H,4,17-18H2,1-3H3. The Morgan fingerprint density at radius 2 is 1.95 bits per heavy atom. The number of aromatic nitrogens is 1. The average molecular weight is 610 g/mol. The van der Waals surface area contributed by atoms with E-state index in [4.69, 9.17) is 23.7 Å². The first-order valence-corrected chi connectivity index (χ1v) is 14.6. The first kappa shape index (κ1) is 28.8. The summed E-state index contributed by atoms with van der Waals surface area (Å²) in [5, 5.41) is 9.37. The first-order valence-electron chi connectivity index (χ1n) is 13.8. The van der Waals surface area contributed by atoms with Crippen molar-refractivity contribution in [1.29, 1.82) is 5.26 Å². The van der Waals surface area contributed by atoms with Gasteiger partial charge in [0.15, 0.2) is 27.8 Å². The van der Waals surface area contributed by atoms with Crippen molar-refractivity contribution < 1.29 is 28.5 Å². The lowest BCUT2D eigenvalue weighted by Crippen LogP contribution is -2.39. The number of methoxy groups -OCH3 is 1. The Morgan fingerprint density at radius 1 is 1.14 bits per heavy atom. The molecule has 10 nitrogen and oxygen atoms in total. The van der Waals surface area contributed by atoms with Crippen molar-refractivity contribution in [3.05, 3.63) is 114 Å². The molecular formula is C33H27N3O7S. The van der Waals surface area contributed by atoms with E-state index in [0.29, 0.717) is 54.7 Å². The van der Waals surface area contributed by atoms with Crippen LogP contribution in [0.5, 0.6) is 23.0 Å². The normalized spacial score (nSPS) is 15.3. The Hall–Kier alpha value is -5.34. The summed E-state index contributed by atoms with van der Waals surface area (Å²) >= 11 is 1.22. The van der Waals surface area contributed by atoms with E-state index in [-0.39, 0.29) is 31.1 Å². The molecule has 3 aromatic carbocycles. The maximum absolute atomic E-state index is 14.0. The number of allylic oxidation sites excluding steroid dienone is 1. The molecule has 44 heavy (non-hydrogen) atoms. The quantitative estimate of drug-likeness (QED) is 0.275. The van der Waals surface area contributed by atoms with Gasteiger partial charge in [0.1, 0.15) is 6.61 Å². The smallest absolute Gasteiger partial charge is 0.338 e. The third-order valence-corrected chi connectivity index (χ3v) is 8.22. The van der Waals surface area contributed by atoms with Crippen molar-refractivity contribution in [1.82, 2.24) is 4.57 Å². The molecule has 4 aromatic rings. The zero-order valence-corrected chi connectivity index (χ0v) is 25.0. The van der Waals surface area contributed by atoms with Crippen molar-refractivity contribution in [2.75, 3.05) is 20.5 Å². The molecular weight excluding hydrogens is 582 g/mol. The predicted octanol–water partition coefficient (Wildman–Crippen LogP) is 3.99. The molecule has 0 saturated carbocycles. The Kier molecular flexibility index (Phi) is 7.91. The van der Waals surface area contributed by atoms with E-state index in [1.54, 1.807) is 56.3 Å². The second kappa shape index (κ2) is 12.1. The molecule has 6 rings (SSSR count). The van der Waals surface area contributed by atoms with Crippen LogP contribution in [0.3, 0.4) is 0 Å². The summed E-state index contributed by atoms with van der Waals surface area (Å²) in [4.78, 5) is 32.2. The molecule has 222 valence electrons. The minimum absolute atomic E-state index is 0.0988. The van der Waals surface area contributed by atoms with Crippen molar-refractivity contribution in [3.63, 3.8) is 0 Å². The average Bonchev–Trinajstić information content (AvgIpc) is 3.63. The molecule has 0 radical (unpaired) electrons. The third kappa shape index (κ3) is 5.31. The Balaban J connectivity index is 1.39. The van der Waals surface area contributed by atoms with Crippen molar-refractivity contribution in [3.8, 4) is 29.1 Å². The first-order chi connectivity index (χ1) is 21.4. The van der Waals surface area contributed by atoms with Gasteiger partial charge in [-0.1, -0.05) is 41.7 Å². The predicted molar refractivity (Wildman–Crippen MR) is 161 cm³/mol. The van der Waals surface area contributed by atoms with E-state index in [2.05, 4.69) is 11.1 Å². The van der Waals surface area contributed by atoms with Crippen LogP contribution in [0.2, 0.25) is 0 Å². The molecule has 0 bridgehead atoms. The van der Waals surface area contributed by atoms with Crippen LogP contribution in [0.4, 0.5) is 0 Å². The molecule has 2 aliphatic rings. The summed E-state index contributed by atoms with van der Waals surface area (Å²) in [6, 6.07) is 19.3. The van der Waals surface area contributed by atoms with Gasteiger partial charge in [0.2, 0.25) is 6.79 Å². The lowest BCUT2D eigenvalue weighted by molar-refractivity contribution is -0.139. The molecule has 1 unspecified atom stereocenters. The summed E-state index contributed by atoms with van der Waals surface area (Å²) in [6.45, 7) is 3.94. The van der Waals surface area contributed by atoms with Gasteiger partial charge >= 0.3 is 5.97 Å². The molecule has 2 aliphatic heterocycles. The molecule has 0 aliphatic carbocycles. The highest BCUT2D eigenvalue weighted by Crippen LogP contribution is 2.38. The molecule has 11 heteroatoms. The zero-order valence-electron chi connectivity index (χ0n) is 24.2. The molecule has 1 aromatic heterocycles. The van der Waals surface area contributed by atoms with Crippen LogP contribution in [0, 0.1) is 11.3 Å². The number of fused-ring (bicyclic) bond motifs is 2. The molecule has 0 saturated heterocycles. The highest BCUT2D eigenvalue weighted by Gasteiger charge is 2.34. The van der Waals surface area contributed by atoms with Gasteiger partial charge in [0.25, 0.3) is 5.56 Å². The Morgan fingerprint density at radius 3 is 2.75 bits per heavy atom. The van der Waals surface area contributed by atoms with E-state index >= 15 is 0 Å². The topological polar surface area (TPSA) is 121 Å². The van der Waals surface area contributed by atoms with Gasteiger partial charge in [0, 0.05) is 5.56 Å². The second-order valence-corrected chi connectivity index (χ2v) is 10.9. The Labute approximate surface area is 256 Å². The number of nitriles is 1. The second-order valence-electron chi connectivity index (χ2n) is 9.88. The van der Waals surface area contributed by atoms with Gasteiger partial charge in [-0.2, -0.15) is 5.26 Å². The summed E-state index contributed by atoms with van der Waals surface area (Å²) in [7, 11) is 1.54. The highest BCUT2D eigenvalue weighted by atomic mass is 32.1. The summed E-state index contributed by atoms with van der Waals surface area (Å²) in [5.41, 5.74) is 3.12. The molecule has 0 amide bonds. The lowest BCUT2D eigenvalue weighted by Gasteiger charge is -2.24. The maximum atomic E-state index is 14.0. The van der Waals surface area contributed by atoms with Gasteiger partial charge in [-0.25, -0.2) is 9.79 Å². The zero-order chi connectivity index (χ0) is 30.8. The van der Waals surface area contributed by atoms with Crippen LogP contribution in [0.25, 0.3) is 6.08 Å². The summed E-state index contributed by atoms with van der Waals surface area (Å²) in [5.74, 6) is 1.56. The van der Waals surface area contributed by atoms with Crippen LogP contribution in [0.1, 0.15) is 42.1 Å². The maximum Gasteiger partial charge on any atom is 0.338 e. The van der Waals surface area contributed by atoms with E-state index in [0.717, 1.165) is 5.56 Å². The van der Waals surface area contributed by atoms with E-state index in [1.165, 1.54) is 23.0 Å². The fraction of sp³-hybridized carbons (Fsp3) is 0.212. The van der Waals surface area contributed by atoms with Crippen molar-refractivity contribution in [2.45, 2.75) is 26.5 Å². The van der Waals surface area contributed by atoms with Gasteiger partial charge in [0.05, 0.1) is 47.2 Å². The molecule has 0 N–H and O–H groups in total. The third-order valence-electron chi connectivity index (χ3n) is 7.24. The fourth-order valence-electron chi connectivity index (χ4n) is 5.15. The van der Waals surface area contributed by atoms with Gasteiger partial charge < -0.3 is 23.7 Å². The number of thiazole rings is 1. The van der Waals surface area contributed by atoms with E-state index in [1.807, 2.05) is 24.3 Å². The molecule has 0 spiro atoms. The fourth-order valence-corrected chi connectivity index (χ4v) is 6.19. The van der Waals surface area contributed by atoms with Crippen molar-refractivity contribution >= 4 is 23.4 Å². The van der Waals surface area contributed by atoms with Gasteiger partial charge in [-0.05, 0) is 61.4 Å². The molecule has 1 atom stereocenters. The SMILES string of the molecule is CCOC(=O)C1=C(C)N=c2sc(=Cc3ccc(OCc4ccccc4C#N)c(OC)c3)c(=O)n2C1c1ccc2c(c1)OCO2. The van der Waals surface area contributed by atoms with Crippen LogP contribution >= 0.6 is 11.3 Å². The molecule has 3 heterocycles. The number of nitrogens with zero attached hydrogens (tertiary/aromatic N) is 3. The number of ether oxygens (including phenoxy) is 5. The van der Waals surface area contributed by atoms with Gasteiger partial charge in [-0.15, -0.1) is 0 Å². The van der Waals surface area contributed by atoms with Crippen molar-refractivity contribution in [2.24, 2.45) is 4.99 Å². The van der Waals surface area contributed by atoms with Gasteiger partial charge in [-0.3, -0.25) is 9.36 Å². The monoisotopic (exact) mass is 609 g/mol. The largest absolute Gasteiger partial charge is 0.493 e. The van der Waals surface area contributed by atoms with Crippen LogP contribution < -0.4 is 33.8 Å². The minimum Gasteiger partial charge on any atom is -0.493 e. The summed E-state index contributed by atoms with van der Waals surface area (Å²) in [6.07, 6.45) is 1.75. The number of hydrogen-bond donors (Lipinski definition) is 0. The van der Waals surface area contributed by atoms with Crippen LogP contribution in [-0.2, 0) is 16.1 Å². The number of hydrogen-bond acceptors (Lipinski definition) is 10. The number of benzene rings is 3. The minimum atomic E-state index is -0.774. The highest BCUT2D eigenvalue weighted by molar-refractivity contribution is 7.07. The number of carbonyl (C=O) groups is 1. The number of rotatable bonds is 8. The van der Waals surface area contributed by atoms with Crippen LogP contribution in [-0.4, -0.2) is 31.0 Å². The number of carbonyl (C=O) groups excluding carboxylic acids is 1. The summed E-state index contributed by atoms with van der Waals surface area (Å²) < 4.78 is 29.9. The van der Waals surface area contributed by atoms with E-state index in [9.17, 15) is 14.9 Å².